The van der Waals surface area contributed by atoms with Gasteiger partial charge in [0.25, 0.3) is 0 Å². The fraction of sp³-hybridized carbons (Fsp3) is 0.450. The van der Waals surface area contributed by atoms with Crippen molar-refractivity contribution in [2.45, 2.75) is 32.2 Å². The minimum absolute atomic E-state index is 0.0910. The summed E-state index contributed by atoms with van der Waals surface area (Å²) in [6.45, 7) is 4.69. The number of rotatable bonds is 8. The molecule has 2 aromatic rings. The summed E-state index contributed by atoms with van der Waals surface area (Å²) >= 11 is 0. The fourth-order valence-electron chi connectivity index (χ4n) is 3.13. The molecule has 0 radical (unpaired) electrons. The molecule has 1 saturated heterocycles. The molecule has 0 bridgehead atoms. The van der Waals surface area contributed by atoms with Gasteiger partial charge in [0.2, 0.25) is 5.91 Å². The smallest absolute Gasteiger partial charge is 0.224 e. The molecule has 2 N–H and O–H groups in total. The van der Waals surface area contributed by atoms with Crippen LogP contribution in [0.5, 0.6) is 0 Å². The number of furan rings is 1. The topological polar surface area (TPSA) is 57.5 Å². The number of benzene rings is 1. The zero-order valence-electron chi connectivity index (χ0n) is 14.7. The van der Waals surface area contributed by atoms with Crippen LogP contribution in [0, 0.1) is 0 Å². The van der Waals surface area contributed by atoms with Crippen LogP contribution in [0.25, 0.3) is 0 Å². The largest absolute Gasteiger partial charge is 0.467 e. The second-order valence-electron chi connectivity index (χ2n) is 6.56. The second kappa shape index (κ2) is 9.28. The van der Waals surface area contributed by atoms with E-state index in [1.54, 1.807) is 6.26 Å². The molecule has 2 heterocycles. The predicted molar refractivity (Wildman–Crippen MR) is 99.5 cm³/mol. The number of nitrogens with zero attached hydrogens (tertiary/aromatic N) is 1. The maximum absolute atomic E-state index is 12.1. The van der Waals surface area contributed by atoms with E-state index in [4.69, 9.17) is 4.42 Å². The maximum atomic E-state index is 12.1. The lowest BCUT2D eigenvalue weighted by molar-refractivity contribution is -0.120. The average Bonchev–Trinajstić information content (AvgIpc) is 3.16. The number of carbonyl (C=O) groups excluding carboxylic acids is 1. The molecule has 0 unspecified atom stereocenters. The van der Waals surface area contributed by atoms with E-state index in [0.29, 0.717) is 13.0 Å². The van der Waals surface area contributed by atoms with Crippen LogP contribution < -0.4 is 10.6 Å². The molecule has 0 aliphatic carbocycles. The highest BCUT2D eigenvalue weighted by atomic mass is 16.3. The van der Waals surface area contributed by atoms with Gasteiger partial charge in [0.1, 0.15) is 5.76 Å². The van der Waals surface area contributed by atoms with E-state index in [1.165, 1.54) is 32.4 Å². The van der Waals surface area contributed by atoms with Gasteiger partial charge in [-0.1, -0.05) is 18.6 Å². The first kappa shape index (κ1) is 17.5. The van der Waals surface area contributed by atoms with Gasteiger partial charge in [0.05, 0.1) is 19.2 Å². The van der Waals surface area contributed by atoms with E-state index >= 15 is 0 Å². The van der Waals surface area contributed by atoms with E-state index in [1.807, 2.05) is 36.4 Å². The van der Waals surface area contributed by atoms with Crippen LogP contribution >= 0.6 is 0 Å². The number of amides is 1. The molecule has 1 amide bonds. The van der Waals surface area contributed by atoms with Gasteiger partial charge in [-0.3, -0.25) is 4.79 Å². The van der Waals surface area contributed by atoms with Crippen molar-refractivity contribution in [3.8, 4) is 0 Å². The molecular weight excluding hydrogens is 314 g/mol. The van der Waals surface area contributed by atoms with Gasteiger partial charge in [-0.25, -0.2) is 0 Å². The van der Waals surface area contributed by atoms with Gasteiger partial charge in [0.15, 0.2) is 0 Å². The van der Waals surface area contributed by atoms with E-state index in [-0.39, 0.29) is 5.91 Å². The number of nitrogens with one attached hydrogen (secondary N) is 2. The minimum atomic E-state index is 0.0910. The van der Waals surface area contributed by atoms with Crippen molar-refractivity contribution in [2.75, 3.05) is 31.5 Å². The Balaban J connectivity index is 1.36. The van der Waals surface area contributed by atoms with Crippen LogP contribution in [0.4, 0.5) is 5.69 Å². The van der Waals surface area contributed by atoms with Gasteiger partial charge in [-0.2, -0.15) is 0 Å². The maximum Gasteiger partial charge on any atom is 0.224 e. The highest BCUT2D eigenvalue weighted by Gasteiger charge is 2.10. The van der Waals surface area contributed by atoms with Gasteiger partial charge in [-0.15, -0.1) is 0 Å². The highest BCUT2D eigenvalue weighted by Crippen LogP contribution is 2.12. The number of piperidine rings is 1. The van der Waals surface area contributed by atoms with Crippen LogP contribution in [-0.4, -0.2) is 37.0 Å². The quantitative estimate of drug-likeness (QED) is 0.775. The molecule has 0 spiro atoms. The summed E-state index contributed by atoms with van der Waals surface area (Å²) in [5, 5.41) is 6.33. The minimum Gasteiger partial charge on any atom is -0.467 e. The van der Waals surface area contributed by atoms with Crippen molar-refractivity contribution in [1.82, 2.24) is 10.2 Å². The summed E-state index contributed by atoms with van der Waals surface area (Å²) in [5.41, 5.74) is 2.05. The highest BCUT2D eigenvalue weighted by molar-refractivity contribution is 5.78. The van der Waals surface area contributed by atoms with Gasteiger partial charge < -0.3 is 20.0 Å². The van der Waals surface area contributed by atoms with Gasteiger partial charge in [-0.05, 0) is 55.8 Å². The normalized spacial score (nSPS) is 15.0. The molecular formula is C20H27N3O2. The summed E-state index contributed by atoms with van der Waals surface area (Å²) in [4.78, 5) is 14.5. The second-order valence-corrected chi connectivity index (χ2v) is 6.56. The first-order valence-corrected chi connectivity index (χ1v) is 9.14. The van der Waals surface area contributed by atoms with Crippen molar-refractivity contribution >= 4 is 11.6 Å². The molecule has 1 aromatic heterocycles. The Hall–Kier alpha value is -2.27. The first-order chi connectivity index (χ1) is 12.3. The average molecular weight is 341 g/mol. The monoisotopic (exact) mass is 341 g/mol. The molecule has 5 heteroatoms. The Bertz CT molecular complexity index is 631. The molecule has 1 fully saturated rings. The summed E-state index contributed by atoms with van der Waals surface area (Å²) in [5.74, 6) is 0.991. The number of anilines is 1. The Morgan fingerprint density at radius 1 is 1.08 bits per heavy atom. The first-order valence-electron chi connectivity index (χ1n) is 9.14. The van der Waals surface area contributed by atoms with Crippen molar-refractivity contribution in [3.05, 3.63) is 54.0 Å². The lowest BCUT2D eigenvalue weighted by Crippen LogP contribution is -2.38. The summed E-state index contributed by atoms with van der Waals surface area (Å²) in [6.07, 6.45) is 6.01. The molecule has 134 valence electrons. The standard InChI is InChI=1S/C20H27N3O2/c24-20(21-10-13-23-11-2-1-3-12-23)15-17-6-8-18(9-7-17)22-16-19-5-4-14-25-19/h4-9,14,22H,1-3,10-13,15-16H2,(H,21,24). The fourth-order valence-corrected chi connectivity index (χ4v) is 3.13. The summed E-state index contributed by atoms with van der Waals surface area (Å²) < 4.78 is 5.29. The Labute approximate surface area is 149 Å². The number of carbonyl (C=O) groups is 1. The third kappa shape index (κ3) is 5.94. The molecule has 1 aliphatic rings. The van der Waals surface area contributed by atoms with Crippen LogP contribution in [-0.2, 0) is 17.8 Å². The Morgan fingerprint density at radius 2 is 1.88 bits per heavy atom. The lowest BCUT2D eigenvalue weighted by Gasteiger charge is -2.26. The van der Waals surface area contributed by atoms with Crippen LogP contribution in [0.1, 0.15) is 30.6 Å². The molecule has 25 heavy (non-hydrogen) atoms. The van der Waals surface area contributed by atoms with Gasteiger partial charge in [0, 0.05) is 18.8 Å². The SMILES string of the molecule is O=C(Cc1ccc(NCc2ccco2)cc1)NCCN1CCCCC1. The van der Waals surface area contributed by atoms with E-state index in [9.17, 15) is 4.79 Å². The molecule has 0 saturated carbocycles. The number of likely N-dealkylation sites (tertiary alicyclic amines) is 1. The lowest BCUT2D eigenvalue weighted by atomic mass is 10.1. The van der Waals surface area contributed by atoms with Gasteiger partial charge >= 0.3 is 0 Å². The molecule has 3 rings (SSSR count). The summed E-state index contributed by atoms with van der Waals surface area (Å²) in [6, 6.07) is 11.8. The zero-order chi connectivity index (χ0) is 17.3. The Kier molecular flexibility index (Phi) is 6.51. The third-order valence-electron chi connectivity index (χ3n) is 4.56. The number of hydrogen-bond acceptors (Lipinski definition) is 4. The van der Waals surface area contributed by atoms with Crippen LogP contribution in [0.3, 0.4) is 0 Å². The van der Waals surface area contributed by atoms with Crippen molar-refractivity contribution in [1.29, 1.82) is 0 Å². The van der Waals surface area contributed by atoms with E-state index < -0.39 is 0 Å². The van der Waals surface area contributed by atoms with Crippen LogP contribution in [0.2, 0.25) is 0 Å². The molecule has 5 nitrogen and oxygen atoms in total. The zero-order valence-corrected chi connectivity index (χ0v) is 14.7. The molecule has 1 aromatic carbocycles. The van der Waals surface area contributed by atoms with Crippen LogP contribution in [0.15, 0.2) is 47.1 Å². The number of hydrogen-bond donors (Lipinski definition) is 2. The van der Waals surface area contributed by atoms with Crippen molar-refractivity contribution < 1.29 is 9.21 Å². The Morgan fingerprint density at radius 3 is 2.60 bits per heavy atom. The predicted octanol–water partition coefficient (Wildman–Crippen LogP) is 3.04. The third-order valence-corrected chi connectivity index (χ3v) is 4.56. The van der Waals surface area contributed by atoms with Crippen molar-refractivity contribution in [2.24, 2.45) is 0 Å². The molecule has 0 atom stereocenters. The van der Waals surface area contributed by atoms with E-state index in [2.05, 4.69) is 15.5 Å². The van der Waals surface area contributed by atoms with E-state index in [0.717, 1.165) is 30.1 Å². The molecule has 1 aliphatic heterocycles. The van der Waals surface area contributed by atoms with Crippen molar-refractivity contribution in [3.63, 3.8) is 0 Å². The summed E-state index contributed by atoms with van der Waals surface area (Å²) in [7, 11) is 0.